The number of non-ortho nitro benzene ring substituents is 1. The van der Waals surface area contributed by atoms with Crippen LogP contribution in [0.3, 0.4) is 0 Å². The minimum absolute atomic E-state index is 0.0890. The van der Waals surface area contributed by atoms with Gasteiger partial charge in [0.25, 0.3) is 5.69 Å². The standard InChI is InChI=1S/C13H17NO6S/c1-3-19-13(20-4-2)9-21(17,18)12(13)10-5-7-11(8-6-10)14(15)16/h5-8,12H,3-4,9H2,1-2H3/t12-/m1/s1. The Labute approximate surface area is 122 Å². The minimum atomic E-state index is -3.38. The molecule has 1 saturated heterocycles. The van der Waals surface area contributed by atoms with Crippen LogP contribution in [0.15, 0.2) is 24.3 Å². The molecule has 0 aliphatic carbocycles. The second kappa shape index (κ2) is 5.70. The second-order valence-electron chi connectivity index (χ2n) is 4.71. The predicted octanol–water partition coefficient (Wildman–Crippen LogP) is 1.83. The van der Waals surface area contributed by atoms with E-state index in [9.17, 15) is 18.5 Å². The van der Waals surface area contributed by atoms with E-state index in [-0.39, 0.29) is 11.4 Å². The molecule has 0 bridgehead atoms. The Hall–Kier alpha value is -1.51. The fourth-order valence-electron chi connectivity index (χ4n) is 2.61. The Morgan fingerprint density at radius 2 is 1.76 bits per heavy atom. The Morgan fingerprint density at radius 3 is 2.14 bits per heavy atom. The summed E-state index contributed by atoms with van der Waals surface area (Å²) in [6.45, 7) is 4.16. The van der Waals surface area contributed by atoms with Crippen LogP contribution in [0.1, 0.15) is 24.7 Å². The maximum atomic E-state index is 12.1. The molecule has 2 rings (SSSR count). The van der Waals surface area contributed by atoms with Gasteiger partial charge in [-0.15, -0.1) is 0 Å². The maximum Gasteiger partial charge on any atom is 0.269 e. The molecule has 116 valence electrons. The van der Waals surface area contributed by atoms with Crippen LogP contribution < -0.4 is 0 Å². The van der Waals surface area contributed by atoms with E-state index in [0.29, 0.717) is 18.8 Å². The predicted molar refractivity (Wildman–Crippen MR) is 75.6 cm³/mol. The number of hydrogen-bond acceptors (Lipinski definition) is 6. The zero-order chi connectivity index (χ0) is 15.7. The summed E-state index contributed by atoms with van der Waals surface area (Å²) in [5.41, 5.74) is 0.350. The molecule has 0 unspecified atom stereocenters. The maximum absolute atomic E-state index is 12.1. The van der Waals surface area contributed by atoms with Crippen molar-refractivity contribution in [1.82, 2.24) is 0 Å². The lowest BCUT2D eigenvalue weighted by Crippen LogP contribution is -2.60. The quantitative estimate of drug-likeness (QED) is 0.451. The summed E-state index contributed by atoms with van der Waals surface area (Å²) in [5, 5.41) is 9.71. The van der Waals surface area contributed by atoms with Gasteiger partial charge in [0.05, 0.1) is 4.92 Å². The molecule has 1 aromatic rings. The molecule has 0 saturated carbocycles. The summed E-state index contributed by atoms with van der Waals surface area (Å²) < 4.78 is 35.3. The Kier molecular flexibility index (Phi) is 4.31. The number of nitrogens with zero attached hydrogens (tertiary/aromatic N) is 1. The van der Waals surface area contributed by atoms with Crippen LogP contribution in [0.25, 0.3) is 0 Å². The fraction of sp³-hybridized carbons (Fsp3) is 0.538. The molecule has 1 aromatic carbocycles. The molecule has 21 heavy (non-hydrogen) atoms. The largest absolute Gasteiger partial charge is 0.348 e. The molecule has 1 fully saturated rings. The highest BCUT2D eigenvalue weighted by Crippen LogP contribution is 2.48. The van der Waals surface area contributed by atoms with E-state index in [4.69, 9.17) is 9.47 Å². The minimum Gasteiger partial charge on any atom is -0.348 e. The van der Waals surface area contributed by atoms with Crippen molar-refractivity contribution in [3.05, 3.63) is 39.9 Å². The van der Waals surface area contributed by atoms with Gasteiger partial charge in [0.15, 0.2) is 9.84 Å². The third-order valence-corrected chi connectivity index (χ3v) is 5.50. The van der Waals surface area contributed by atoms with Gasteiger partial charge in [0.1, 0.15) is 11.0 Å². The summed E-state index contributed by atoms with van der Waals surface area (Å²) in [7, 11) is -3.38. The fourth-order valence-corrected chi connectivity index (χ4v) is 4.71. The van der Waals surface area contributed by atoms with Gasteiger partial charge in [0.2, 0.25) is 5.79 Å². The molecular formula is C13H17NO6S. The number of hydrogen-bond donors (Lipinski definition) is 0. The van der Waals surface area contributed by atoms with Gasteiger partial charge in [-0.05, 0) is 19.4 Å². The monoisotopic (exact) mass is 315 g/mol. The van der Waals surface area contributed by atoms with Gasteiger partial charge in [-0.3, -0.25) is 10.1 Å². The van der Waals surface area contributed by atoms with Crippen LogP contribution in [-0.2, 0) is 19.3 Å². The first-order chi connectivity index (χ1) is 9.86. The summed E-state index contributed by atoms with van der Waals surface area (Å²) in [6, 6.07) is 5.44. The molecule has 8 heteroatoms. The number of sulfone groups is 1. The molecule has 0 spiro atoms. The molecule has 1 aliphatic rings. The summed E-state index contributed by atoms with van der Waals surface area (Å²) >= 11 is 0. The Balaban J connectivity index is 2.39. The lowest BCUT2D eigenvalue weighted by atomic mass is 10.0. The first-order valence-electron chi connectivity index (χ1n) is 6.60. The number of nitro groups is 1. The van der Waals surface area contributed by atoms with Crippen molar-refractivity contribution in [2.45, 2.75) is 24.9 Å². The second-order valence-corrected chi connectivity index (χ2v) is 6.80. The molecule has 0 N–H and O–H groups in total. The highest BCUT2D eigenvalue weighted by molar-refractivity contribution is 7.93. The van der Waals surface area contributed by atoms with Gasteiger partial charge < -0.3 is 9.47 Å². The van der Waals surface area contributed by atoms with Gasteiger partial charge >= 0.3 is 0 Å². The lowest BCUT2D eigenvalue weighted by Gasteiger charge is -2.47. The zero-order valence-electron chi connectivity index (χ0n) is 11.8. The van der Waals surface area contributed by atoms with E-state index >= 15 is 0 Å². The third-order valence-electron chi connectivity index (χ3n) is 3.34. The molecular weight excluding hydrogens is 298 g/mol. The van der Waals surface area contributed by atoms with Gasteiger partial charge in [-0.25, -0.2) is 8.42 Å². The van der Waals surface area contributed by atoms with E-state index < -0.39 is 25.8 Å². The van der Waals surface area contributed by atoms with E-state index in [0.717, 1.165) is 0 Å². The molecule has 7 nitrogen and oxygen atoms in total. The molecule has 1 aliphatic heterocycles. The van der Waals surface area contributed by atoms with E-state index in [2.05, 4.69) is 0 Å². The van der Waals surface area contributed by atoms with Gasteiger partial charge in [0, 0.05) is 25.3 Å². The highest BCUT2D eigenvalue weighted by atomic mass is 32.2. The molecule has 0 amide bonds. The van der Waals surface area contributed by atoms with Crippen molar-refractivity contribution in [1.29, 1.82) is 0 Å². The van der Waals surface area contributed by atoms with Crippen LogP contribution in [0, 0.1) is 10.1 Å². The zero-order valence-corrected chi connectivity index (χ0v) is 12.6. The van der Waals surface area contributed by atoms with Crippen molar-refractivity contribution < 1.29 is 22.8 Å². The SMILES string of the molecule is CCOC1(OCC)CS(=O)(=O)[C@@H]1c1ccc([N+](=O)[O-])cc1. The third kappa shape index (κ3) is 2.78. The first-order valence-corrected chi connectivity index (χ1v) is 8.31. The van der Waals surface area contributed by atoms with Crippen LogP contribution in [-0.4, -0.2) is 38.1 Å². The Bertz CT molecular complexity index is 619. The van der Waals surface area contributed by atoms with Gasteiger partial charge in [-0.1, -0.05) is 12.1 Å². The number of nitro benzene ring substituents is 1. The molecule has 1 heterocycles. The van der Waals surface area contributed by atoms with Crippen LogP contribution in [0.4, 0.5) is 5.69 Å². The van der Waals surface area contributed by atoms with Crippen molar-refractivity contribution in [3.8, 4) is 0 Å². The molecule has 1 atom stereocenters. The highest BCUT2D eigenvalue weighted by Gasteiger charge is 2.61. The van der Waals surface area contributed by atoms with Crippen LogP contribution in [0.5, 0.6) is 0 Å². The lowest BCUT2D eigenvalue weighted by molar-refractivity contribution is -0.384. The molecule has 0 radical (unpaired) electrons. The van der Waals surface area contributed by atoms with E-state index in [1.165, 1.54) is 24.3 Å². The topological polar surface area (TPSA) is 95.7 Å². The number of benzene rings is 1. The van der Waals surface area contributed by atoms with Gasteiger partial charge in [-0.2, -0.15) is 0 Å². The summed E-state index contributed by atoms with van der Waals surface area (Å²) in [4.78, 5) is 10.1. The van der Waals surface area contributed by atoms with Crippen molar-refractivity contribution in [3.63, 3.8) is 0 Å². The molecule has 0 aromatic heterocycles. The average molecular weight is 315 g/mol. The summed E-state index contributed by atoms with van der Waals surface area (Å²) in [6.07, 6.45) is 0. The number of rotatable bonds is 6. The average Bonchev–Trinajstić information content (AvgIpc) is 2.38. The summed E-state index contributed by atoms with van der Waals surface area (Å²) in [5.74, 6) is -1.40. The van der Waals surface area contributed by atoms with Crippen LogP contribution in [0.2, 0.25) is 0 Å². The Morgan fingerprint density at radius 1 is 1.24 bits per heavy atom. The van der Waals surface area contributed by atoms with Crippen molar-refractivity contribution >= 4 is 15.5 Å². The number of ether oxygens (including phenoxy) is 2. The van der Waals surface area contributed by atoms with Crippen molar-refractivity contribution in [2.24, 2.45) is 0 Å². The van der Waals surface area contributed by atoms with E-state index in [1.54, 1.807) is 13.8 Å². The van der Waals surface area contributed by atoms with E-state index in [1.807, 2.05) is 0 Å². The first kappa shape index (κ1) is 15.9. The smallest absolute Gasteiger partial charge is 0.269 e. The normalized spacial score (nSPS) is 22.5. The van der Waals surface area contributed by atoms with Crippen LogP contribution >= 0.6 is 0 Å². The van der Waals surface area contributed by atoms with Crippen molar-refractivity contribution in [2.75, 3.05) is 19.0 Å².